The van der Waals surface area contributed by atoms with Crippen molar-refractivity contribution in [3.63, 3.8) is 0 Å². The van der Waals surface area contributed by atoms with E-state index in [4.69, 9.17) is 17.3 Å². The van der Waals surface area contributed by atoms with Crippen LogP contribution >= 0.6 is 23.4 Å². The molecule has 0 saturated carbocycles. The molecule has 0 aliphatic carbocycles. The summed E-state index contributed by atoms with van der Waals surface area (Å²) in [5.41, 5.74) is 7.26. The molecule has 0 bridgehead atoms. The van der Waals surface area contributed by atoms with Crippen molar-refractivity contribution in [3.05, 3.63) is 41.2 Å². The first-order valence-electron chi connectivity index (χ1n) is 6.29. The molecule has 2 rings (SSSR count). The van der Waals surface area contributed by atoms with Crippen LogP contribution in [0, 0.1) is 0 Å². The largest absolute Gasteiger partial charge is 0.327 e. The number of rotatable bonds is 5. The fourth-order valence-corrected chi connectivity index (χ4v) is 3.12. The number of hydrogen-bond donors (Lipinski definition) is 1. The number of hydrogen-bond acceptors (Lipinski definition) is 3. The predicted octanol–water partition coefficient (Wildman–Crippen LogP) is 3.50. The highest BCUT2D eigenvalue weighted by Crippen LogP contribution is 2.36. The molecule has 19 heavy (non-hydrogen) atoms. The highest BCUT2D eigenvalue weighted by molar-refractivity contribution is 7.99. The molecule has 1 aromatic heterocycles. The maximum Gasteiger partial charge on any atom is 0.0629 e. The van der Waals surface area contributed by atoms with Gasteiger partial charge in [0.15, 0.2) is 0 Å². The summed E-state index contributed by atoms with van der Waals surface area (Å²) in [7, 11) is 1.91. The summed E-state index contributed by atoms with van der Waals surface area (Å²) in [6.45, 7) is 2.10. The lowest BCUT2D eigenvalue weighted by atomic mass is 10.0. The van der Waals surface area contributed by atoms with Crippen molar-refractivity contribution in [2.24, 2.45) is 12.8 Å². The minimum absolute atomic E-state index is 0.173. The average molecular weight is 296 g/mol. The average Bonchev–Trinajstić information content (AvgIpc) is 2.79. The molecule has 0 aliphatic rings. The number of nitrogens with zero attached hydrogens (tertiary/aromatic N) is 2. The van der Waals surface area contributed by atoms with E-state index in [1.165, 1.54) is 5.56 Å². The van der Waals surface area contributed by atoms with Gasteiger partial charge in [-0.05, 0) is 24.5 Å². The predicted molar refractivity (Wildman–Crippen MR) is 80.8 cm³/mol. The van der Waals surface area contributed by atoms with Crippen molar-refractivity contribution >= 4 is 23.4 Å². The summed E-state index contributed by atoms with van der Waals surface area (Å²) in [6, 6.07) is 6.17. The van der Waals surface area contributed by atoms with Gasteiger partial charge < -0.3 is 5.73 Å². The van der Waals surface area contributed by atoms with Gasteiger partial charge >= 0.3 is 0 Å². The Hall–Kier alpha value is -0.970. The van der Waals surface area contributed by atoms with Crippen LogP contribution < -0.4 is 5.73 Å². The summed E-state index contributed by atoms with van der Waals surface area (Å²) < 4.78 is 1.79. The lowest BCUT2D eigenvalue weighted by molar-refractivity contribution is 0.641. The standard InChI is InChI=1S/C14H18ClN3S/c1-3-11(16)7-10-5-4-6-13(15)14(10)19-12-8-17-18(2)9-12/h4-6,8-9,11H,3,7,16H2,1-2H3. The maximum absolute atomic E-state index is 6.32. The quantitative estimate of drug-likeness (QED) is 0.918. The van der Waals surface area contributed by atoms with Crippen LogP contribution in [0.4, 0.5) is 0 Å². The minimum Gasteiger partial charge on any atom is -0.327 e. The lowest BCUT2D eigenvalue weighted by Crippen LogP contribution is -2.21. The van der Waals surface area contributed by atoms with Crippen molar-refractivity contribution in [2.75, 3.05) is 0 Å². The van der Waals surface area contributed by atoms with Crippen molar-refractivity contribution in [1.29, 1.82) is 0 Å². The SMILES string of the molecule is CCC(N)Cc1cccc(Cl)c1Sc1cnn(C)c1. The molecule has 1 aromatic carbocycles. The van der Waals surface area contributed by atoms with E-state index in [9.17, 15) is 0 Å². The highest BCUT2D eigenvalue weighted by Gasteiger charge is 2.12. The number of nitrogens with two attached hydrogens (primary N) is 1. The summed E-state index contributed by atoms with van der Waals surface area (Å²) in [4.78, 5) is 2.17. The van der Waals surface area contributed by atoms with Crippen LogP contribution in [0.3, 0.4) is 0 Å². The van der Waals surface area contributed by atoms with E-state index in [0.29, 0.717) is 0 Å². The first-order chi connectivity index (χ1) is 9.10. The first-order valence-corrected chi connectivity index (χ1v) is 7.49. The van der Waals surface area contributed by atoms with Gasteiger partial charge in [0.05, 0.1) is 16.1 Å². The van der Waals surface area contributed by atoms with Crippen LogP contribution in [-0.4, -0.2) is 15.8 Å². The molecule has 1 unspecified atom stereocenters. The third kappa shape index (κ3) is 3.75. The van der Waals surface area contributed by atoms with E-state index >= 15 is 0 Å². The van der Waals surface area contributed by atoms with E-state index in [0.717, 1.165) is 27.7 Å². The molecule has 0 amide bonds. The van der Waals surface area contributed by atoms with Crippen molar-refractivity contribution in [3.8, 4) is 0 Å². The second-order valence-electron chi connectivity index (χ2n) is 4.55. The number of benzene rings is 1. The van der Waals surface area contributed by atoms with Crippen LogP contribution in [0.25, 0.3) is 0 Å². The van der Waals surface area contributed by atoms with Crippen molar-refractivity contribution in [2.45, 2.75) is 35.6 Å². The first kappa shape index (κ1) is 14.4. The van der Waals surface area contributed by atoms with Gasteiger partial charge in [-0.15, -0.1) is 0 Å². The van der Waals surface area contributed by atoms with Crippen LogP contribution in [0.2, 0.25) is 5.02 Å². The fourth-order valence-electron chi connectivity index (χ4n) is 1.82. The van der Waals surface area contributed by atoms with E-state index in [-0.39, 0.29) is 6.04 Å². The zero-order chi connectivity index (χ0) is 13.8. The van der Waals surface area contributed by atoms with E-state index in [1.54, 1.807) is 16.4 Å². The Labute approximate surface area is 123 Å². The van der Waals surface area contributed by atoms with Crippen molar-refractivity contribution in [1.82, 2.24) is 9.78 Å². The Bertz CT molecular complexity index is 553. The van der Waals surface area contributed by atoms with Crippen LogP contribution in [-0.2, 0) is 13.5 Å². The molecule has 0 fully saturated rings. The molecule has 0 spiro atoms. The second-order valence-corrected chi connectivity index (χ2v) is 6.04. The molecule has 5 heteroatoms. The van der Waals surface area contributed by atoms with E-state index in [1.807, 2.05) is 31.6 Å². The van der Waals surface area contributed by atoms with Crippen LogP contribution in [0.5, 0.6) is 0 Å². The Morgan fingerprint density at radius 2 is 2.26 bits per heavy atom. The summed E-state index contributed by atoms with van der Waals surface area (Å²) in [5.74, 6) is 0. The lowest BCUT2D eigenvalue weighted by Gasteiger charge is -2.13. The topological polar surface area (TPSA) is 43.8 Å². The monoisotopic (exact) mass is 295 g/mol. The summed E-state index contributed by atoms with van der Waals surface area (Å²) in [6.07, 6.45) is 5.64. The molecular formula is C14H18ClN3S. The molecule has 2 aromatic rings. The minimum atomic E-state index is 0.173. The Morgan fingerprint density at radius 1 is 1.47 bits per heavy atom. The Kier molecular flexibility index (Phi) is 4.91. The van der Waals surface area contributed by atoms with Gasteiger partial charge in [0.2, 0.25) is 0 Å². The molecule has 1 heterocycles. The molecule has 3 nitrogen and oxygen atoms in total. The zero-order valence-electron chi connectivity index (χ0n) is 11.1. The Balaban J connectivity index is 2.27. The molecule has 1 atom stereocenters. The molecule has 0 saturated heterocycles. The van der Waals surface area contributed by atoms with Gasteiger partial charge in [-0.1, -0.05) is 42.4 Å². The van der Waals surface area contributed by atoms with Gasteiger partial charge in [0, 0.05) is 24.2 Å². The van der Waals surface area contributed by atoms with E-state index < -0.39 is 0 Å². The van der Waals surface area contributed by atoms with Gasteiger partial charge in [0.1, 0.15) is 0 Å². The molecule has 0 aliphatic heterocycles. The third-order valence-electron chi connectivity index (χ3n) is 2.96. The summed E-state index contributed by atoms with van der Waals surface area (Å²) in [5, 5.41) is 4.95. The number of halogens is 1. The fraction of sp³-hybridized carbons (Fsp3) is 0.357. The maximum atomic E-state index is 6.32. The van der Waals surface area contributed by atoms with Gasteiger partial charge in [0.25, 0.3) is 0 Å². The molecular weight excluding hydrogens is 278 g/mol. The van der Waals surface area contributed by atoms with E-state index in [2.05, 4.69) is 18.1 Å². The smallest absolute Gasteiger partial charge is 0.0629 e. The number of aryl methyl sites for hydroxylation is 1. The molecule has 0 radical (unpaired) electrons. The van der Waals surface area contributed by atoms with Gasteiger partial charge in [-0.2, -0.15) is 5.10 Å². The van der Waals surface area contributed by atoms with Gasteiger partial charge in [-0.25, -0.2) is 0 Å². The number of aromatic nitrogens is 2. The highest BCUT2D eigenvalue weighted by atomic mass is 35.5. The zero-order valence-corrected chi connectivity index (χ0v) is 12.7. The Morgan fingerprint density at radius 3 is 2.89 bits per heavy atom. The molecule has 2 N–H and O–H groups in total. The van der Waals surface area contributed by atoms with Gasteiger partial charge in [-0.3, -0.25) is 4.68 Å². The normalized spacial score (nSPS) is 12.6. The van der Waals surface area contributed by atoms with Crippen LogP contribution in [0.15, 0.2) is 40.4 Å². The second kappa shape index (κ2) is 6.46. The van der Waals surface area contributed by atoms with Crippen LogP contribution in [0.1, 0.15) is 18.9 Å². The van der Waals surface area contributed by atoms with Crippen molar-refractivity contribution < 1.29 is 0 Å². The molecule has 102 valence electrons. The third-order valence-corrected chi connectivity index (χ3v) is 4.52. The summed E-state index contributed by atoms with van der Waals surface area (Å²) >= 11 is 7.97.